The van der Waals surface area contributed by atoms with Gasteiger partial charge in [-0.25, -0.2) is 27.1 Å². The predicted molar refractivity (Wildman–Crippen MR) is 96.5 cm³/mol. The average molecular weight is 481 g/mol. The van der Waals surface area contributed by atoms with Gasteiger partial charge in [0.15, 0.2) is 17.8 Å². The van der Waals surface area contributed by atoms with Crippen molar-refractivity contribution >= 4 is 17.4 Å². The molecule has 0 fully saturated rings. The second kappa shape index (κ2) is 8.63. The molecule has 3 atom stereocenters. The lowest BCUT2D eigenvalue weighted by atomic mass is 9.88. The van der Waals surface area contributed by atoms with Crippen molar-refractivity contribution in [2.24, 2.45) is 0 Å². The number of carbonyl (C=O) groups is 2. The summed E-state index contributed by atoms with van der Waals surface area (Å²) in [5, 5.41) is 20.0. The molecule has 178 valence electrons. The van der Waals surface area contributed by atoms with E-state index in [0.29, 0.717) is 0 Å². The van der Waals surface area contributed by atoms with E-state index in [4.69, 9.17) is 5.11 Å². The number of carboxylic acid groups (broad SMARTS) is 1. The minimum absolute atomic E-state index is 0.288. The van der Waals surface area contributed by atoms with Crippen LogP contribution in [-0.4, -0.2) is 46.6 Å². The van der Waals surface area contributed by atoms with Crippen LogP contribution in [0.2, 0.25) is 0 Å². The third-order valence-electron chi connectivity index (χ3n) is 4.99. The summed E-state index contributed by atoms with van der Waals surface area (Å²) in [4.78, 5) is 23.7. The standard InChI is InChI=1S/C20H14F7NO5/c21-13-11(8-4-2-1-3-5-8)15(23)19(24,33-20(25,26)27)16(14(13)22)28-17(30)9-6-7-10(29)12(9)18(31)32/h1-5,10,15,29H,6-7H2,(H,28,30)(H,31,32). The third-order valence-corrected chi connectivity index (χ3v) is 4.99. The SMILES string of the molecule is O=C(O)C1=C(C(=O)NC2=C(F)C(F)=C(c3ccccc3)C(F)C2(F)OC(F)(F)F)CCC1O. The van der Waals surface area contributed by atoms with Crippen LogP contribution in [0.5, 0.6) is 0 Å². The van der Waals surface area contributed by atoms with Gasteiger partial charge in [0, 0.05) is 11.1 Å². The Morgan fingerprint density at radius 3 is 2.27 bits per heavy atom. The van der Waals surface area contributed by atoms with Crippen LogP contribution in [0.1, 0.15) is 18.4 Å². The Balaban J connectivity index is 2.15. The second-order valence-corrected chi connectivity index (χ2v) is 7.04. The van der Waals surface area contributed by atoms with E-state index in [2.05, 4.69) is 4.74 Å². The minimum Gasteiger partial charge on any atom is -0.478 e. The van der Waals surface area contributed by atoms with Crippen molar-refractivity contribution in [3.63, 3.8) is 0 Å². The number of carboxylic acids is 1. The monoisotopic (exact) mass is 481 g/mol. The lowest BCUT2D eigenvalue weighted by Gasteiger charge is -2.36. The molecule has 2 aliphatic carbocycles. The number of rotatable bonds is 5. The fourth-order valence-corrected chi connectivity index (χ4v) is 3.56. The molecule has 33 heavy (non-hydrogen) atoms. The van der Waals surface area contributed by atoms with E-state index in [1.165, 1.54) is 23.5 Å². The van der Waals surface area contributed by atoms with Gasteiger partial charge in [-0.15, -0.1) is 13.2 Å². The van der Waals surface area contributed by atoms with Crippen molar-refractivity contribution in [3.05, 3.63) is 64.4 Å². The number of halogens is 7. The maximum atomic E-state index is 15.5. The number of hydrogen-bond acceptors (Lipinski definition) is 4. The Hall–Kier alpha value is -3.19. The maximum Gasteiger partial charge on any atom is 0.525 e. The van der Waals surface area contributed by atoms with E-state index in [0.717, 1.165) is 12.1 Å². The molecule has 0 saturated heterocycles. The molecule has 3 N–H and O–H groups in total. The van der Waals surface area contributed by atoms with Gasteiger partial charge in [0.1, 0.15) is 5.70 Å². The lowest BCUT2D eigenvalue weighted by Crippen LogP contribution is -2.52. The van der Waals surface area contributed by atoms with Gasteiger partial charge in [-0.1, -0.05) is 30.3 Å². The molecular formula is C20H14F7NO5. The summed E-state index contributed by atoms with van der Waals surface area (Å²) >= 11 is 0. The van der Waals surface area contributed by atoms with Crippen molar-refractivity contribution < 1.29 is 55.3 Å². The quantitative estimate of drug-likeness (QED) is 0.557. The molecule has 1 aromatic rings. The van der Waals surface area contributed by atoms with Crippen LogP contribution in [0.3, 0.4) is 0 Å². The predicted octanol–water partition coefficient (Wildman–Crippen LogP) is 3.75. The summed E-state index contributed by atoms with van der Waals surface area (Å²) < 4.78 is 102. The van der Waals surface area contributed by atoms with Gasteiger partial charge >= 0.3 is 12.3 Å². The van der Waals surface area contributed by atoms with Crippen molar-refractivity contribution in [1.82, 2.24) is 5.32 Å². The van der Waals surface area contributed by atoms with Gasteiger partial charge in [0.25, 0.3) is 11.8 Å². The number of ether oxygens (including phenoxy) is 1. The maximum absolute atomic E-state index is 15.5. The van der Waals surface area contributed by atoms with E-state index >= 15 is 8.78 Å². The number of hydrogen-bond donors (Lipinski definition) is 3. The highest BCUT2D eigenvalue weighted by molar-refractivity contribution is 6.04. The van der Waals surface area contributed by atoms with Gasteiger partial charge in [-0.05, 0) is 18.4 Å². The molecule has 1 amide bonds. The van der Waals surface area contributed by atoms with Crippen molar-refractivity contribution in [2.75, 3.05) is 0 Å². The Morgan fingerprint density at radius 2 is 1.73 bits per heavy atom. The van der Waals surface area contributed by atoms with Crippen LogP contribution < -0.4 is 5.32 Å². The fraction of sp³-hybridized carbons (Fsp3) is 0.300. The highest BCUT2D eigenvalue weighted by atomic mass is 19.4. The van der Waals surface area contributed by atoms with Crippen LogP contribution in [0.15, 0.2) is 58.8 Å². The Morgan fingerprint density at radius 1 is 1.12 bits per heavy atom. The van der Waals surface area contributed by atoms with E-state index in [1.807, 2.05) is 0 Å². The summed E-state index contributed by atoms with van der Waals surface area (Å²) in [5.41, 5.74) is -5.71. The van der Waals surface area contributed by atoms with Crippen LogP contribution in [-0.2, 0) is 14.3 Å². The number of amides is 1. The minimum atomic E-state index is -5.90. The Bertz CT molecular complexity index is 1080. The van der Waals surface area contributed by atoms with Crippen LogP contribution in [0.4, 0.5) is 30.7 Å². The number of carbonyl (C=O) groups excluding carboxylic acids is 1. The molecular weight excluding hydrogens is 467 g/mol. The molecule has 0 aromatic heterocycles. The molecule has 0 heterocycles. The number of allylic oxidation sites excluding steroid dienone is 2. The normalized spacial score (nSPS) is 26.2. The number of alkyl halides is 5. The molecule has 0 spiro atoms. The van der Waals surface area contributed by atoms with Gasteiger partial charge in [-0.3, -0.25) is 4.79 Å². The first-order valence-corrected chi connectivity index (χ1v) is 9.19. The molecule has 3 unspecified atom stereocenters. The fourth-order valence-electron chi connectivity index (χ4n) is 3.56. The number of aliphatic hydroxyl groups excluding tert-OH is 1. The summed E-state index contributed by atoms with van der Waals surface area (Å²) in [6, 6.07) is 5.75. The summed E-state index contributed by atoms with van der Waals surface area (Å²) in [6.45, 7) is 0. The highest BCUT2D eigenvalue weighted by Gasteiger charge is 2.59. The van der Waals surface area contributed by atoms with E-state index < -0.39 is 82.4 Å². The van der Waals surface area contributed by atoms with E-state index in [9.17, 15) is 36.6 Å². The largest absolute Gasteiger partial charge is 0.525 e. The van der Waals surface area contributed by atoms with E-state index in [1.54, 1.807) is 0 Å². The van der Waals surface area contributed by atoms with Crippen LogP contribution >= 0.6 is 0 Å². The molecule has 6 nitrogen and oxygen atoms in total. The first kappa shape index (κ1) is 24.5. The molecule has 0 aliphatic heterocycles. The zero-order chi connectivity index (χ0) is 24.7. The summed E-state index contributed by atoms with van der Waals surface area (Å²) in [7, 11) is 0. The van der Waals surface area contributed by atoms with Gasteiger partial charge in [-0.2, -0.15) is 0 Å². The first-order valence-electron chi connectivity index (χ1n) is 9.19. The molecule has 0 radical (unpaired) electrons. The average Bonchev–Trinajstić information content (AvgIpc) is 3.11. The molecule has 2 aliphatic rings. The topological polar surface area (TPSA) is 95.9 Å². The number of aliphatic hydroxyl groups is 1. The zero-order valence-electron chi connectivity index (χ0n) is 16.2. The lowest BCUT2D eigenvalue weighted by molar-refractivity contribution is -0.391. The Labute approximate surface area is 180 Å². The number of nitrogens with one attached hydrogen (secondary N) is 1. The second-order valence-electron chi connectivity index (χ2n) is 7.04. The van der Waals surface area contributed by atoms with E-state index in [-0.39, 0.29) is 6.42 Å². The molecule has 0 bridgehead atoms. The van der Waals surface area contributed by atoms with Crippen molar-refractivity contribution in [2.45, 2.75) is 37.3 Å². The highest BCUT2D eigenvalue weighted by Crippen LogP contribution is 2.49. The summed E-state index contributed by atoms with van der Waals surface area (Å²) in [5.74, 6) is -12.7. The zero-order valence-corrected chi connectivity index (χ0v) is 16.2. The molecule has 13 heteroatoms. The van der Waals surface area contributed by atoms with Gasteiger partial charge in [0.2, 0.25) is 0 Å². The van der Waals surface area contributed by atoms with Gasteiger partial charge < -0.3 is 15.5 Å². The smallest absolute Gasteiger partial charge is 0.478 e. The number of aliphatic carboxylic acids is 1. The van der Waals surface area contributed by atoms with Crippen LogP contribution in [0, 0.1) is 0 Å². The summed E-state index contributed by atoms with van der Waals surface area (Å²) in [6.07, 6.45) is -11.9. The molecule has 3 rings (SSSR count). The van der Waals surface area contributed by atoms with Gasteiger partial charge in [0.05, 0.1) is 11.7 Å². The van der Waals surface area contributed by atoms with Crippen LogP contribution in [0.25, 0.3) is 5.57 Å². The number of benzene rings is 1. The van der Waals surface area contributed by atoms with Crippen molar-refractivity contribution in [1.29, 1.82) is 0 Å². The Kier molecular flexibility index (Phi) is 6.40. The molecule has 1 aromatic carbocycles. The first-order chi connectivity index (χ1) is 15.3. The molecule has 0 saturated carbocycles. The van der Waals surface area contributed by atoms with Crippen molar-refractivity contribution in [3.8, 4) is 0 Å². The third kappa shape index (κ3) is 4.50.